The van der Waals surface area contributed by atoms with E-state index in [9.17, 15) is 4.79 Å². The van der Waals surface area contributed by atoms with Crippen molar-refractivity contribution in [3.63, 3.8) is 0 Å². The smallest absolute Gasteiger partial charge is 0.252 e. The molecule has 0 radical (unpaired) electrons. The van der Waals surface area contributed by atoms with Crippen LogP contribution < -0.4 is 11.1 Å². The van der Waals surface area contributed by atoms with Crippen LogP contribution in [0.5, 0.6) is 0 Å². The van der Waals surface area contributed by atoms with Gasteiger partial charge in [0, 0.05) is 18.0 Å². The Labute approximate surface area is 112 Å². The summed E-state index contributed by atoms with van der Waals surface area (Å²) in [5.74, 6) is 5.63. The van der Waals surface area contributed by atoms with Crippen molar-refractivity contribution in [1.82, 2.24) is 10.2 Å². The average molecular weight is 265 g/mol. The Morgan fingerprint density at radius 1 is 1.61 bits per heavy atom. The lowest BCUT2D eigenvalue weighted by Gasteiger charge is -2.19. The van der Waals surface area contributed by atoms with Crippen molar-refractivity contribution < 1.29 is 4.79 Å². The highest BCUT2D eigenvalue weighted by atomic mass is 32.1. The van der Waals surface area contributed by atoms with E-state index in [1.165, 1.54) is 11.3 Å². The van der Waals surface area contributed by atoms with Gasteiger partial charge in [0.15, 0.2) is 0 Å². The zero-order valence-corrected chi connectivity index (χ0v) is 11.8. The molecular weight excluding hydrogens is 246 g/mol. The summed E-state index contributed by atoms with van der Waals surface area (Å²) in [6.45, 7) is 3.03. The summed E-state index contributed by atoms with van der Waals surface area (Å²) in [5.41, 5.74) is 5.96. The molecule has 0 saturated heterocycles. The number of hydrogen-bond acceptors (Lipinski definition) is 4. The maximum absolute atomic E-state index is 11.9. The van der Waals surface area contributed by atoms with Crippen molar-refractivity contribution in [3.8, 4) is 11.8 Å². The van der Waals surface area contributed by atoms with E-state index in [1.807, 2.05) is 19.5 Å². The standard InChI is InChI=1S/C13H19N3OS/c1-10(16(2)3)8-15-13(17)11-7-12(18-9-11)5-4-6-14/h7,9-10H,6,8,14H2,1-3H3,(H,15,17). The largest absolute Gasteiger partial charge is 0.350 e. The Morgan fingerprint density at radius 3 is 2.94 bits per heavy atom. The molecule has 0 aliphatic heterocycles. The molecular formula is C13H19N3OS. The number of amides is 1. The number of hydrogen-bond donors (Lipinski definition) is 2. The Hall–Kier alpha value is -1.35. The van der Waals surface area contributed by atoms with Gasteiger partial charge in [0.05, 0.1) is 17.0 Å². The number of likely N-dealkylation sites (N-methyl/N-ethyl adjacent to an activating group) is 1. The summed E-state index contributed by atoms with van der Waals surface area (Å²) >= 11 is 1.46. The van der Waals surface area contributed by atoms with Gasteiger partial charge >= 0.3 is 0 Å². The van der Waals surface area contributed by atoms with Gasteiger partial charge in [-0.15, -0.1) is 11.3 Å². The lowest BCUT2D eigenvalue weighted by molar-refractivity contribution is 0.0944. The van der Waals surface area contributed by atoms with Crippen LogP contribution in [0.4, 0.5) is 0 Å². The van der Waals surface area contributed by atoms with Gasteiger partial charge in [-0.3, -0.25) is 4.79 Å². The molecule has 0 fully saturated rings. The van der Waals surface area contributed by atoms with E-state index >= 15 is 0 Å². The van der Waals surface area contributed by atoms with Crippen molar-refractivity contribution in [3.05, 3.63) is 21.9 Å². The van der Waals surface area contributed by atoms with Crippen LogP contribution in [0.25, 0.3) is 0 Å². The highest BCUT2D eigenvalue weighted by Crippen LogP contribution is 2.13. The molecule has 0 aliphatic rings. The summed E-state index contributed by atoms with van der Waals surface area (Å²) in [7, 11) is 3.98. The van der Waals surface area contributed by atoms with Gasteiger partial charge in [0.1, 0.15) is 0 Å². The van der Waals surface area contributed by atoms with Crippen molar-refractivity contribution in [2.45, 2.75) is 13.0 Å². The van der Waals surface area contributed by atoms with Crippen LogP contribution in [0.1, 0.15) is 22.2 Å². The van der Waals surface area contributed by atoms with Gasteiger partial charge in [-0.2, -0.15) is 0 Å². The molecule has 1 heterocycles. The van der Waals surface area contributed by atoms with Crippen LogP contribution in [-0.2, 0) is 0 Å². The summed E-state index contributed by atoms with van der Waals surface area (Å²) in [5, 5.41) is 4.72. The monoisotopic (exact) mass is 265 g/mol. The molecule has 1 unspecified atom stereocenters. The molecule has 0 spiro atoms. The minimum atomic E-state index is -0.0549. The molecule has 0 aromatic carbocycles. The number of nitrogens with zero attached hydrogens (tertiary/aromatic N) is 1. The van der Waals surface area contributed by atoms with E-state index in [0.717, 1.165) is 4.88 Å². The number of thiophene rings is 1. The van der Waals surface area contributed by atoms with Gasteiger partial charge in [-0.05, 0) is 27.1 Å². The molecule has 0 aliphatic carbocycles. The molecule has 4 nitrogen and oxygen atoms in total. The third-order valence-electron chi connectivity index (χ3n) is 2.61. The summed E-state index contributed by atoms with van der Waals surface area (Å²) < 4.78 is 0. The second-order valence-corrected chi connectivity index (χ2v) is 5.14. The van der Waals surface area contributed by atoms with Gasteiger partial charge in [0.2, 0.25) is 0 Å². The number of carbonyl (C=O) groups is 1. The van der Waals surface area contributed by atoms with Crippen LogP contribution in [0.15, 0.2) is 11.4 Å². The van der Waals surface area contributed by atoms with Crippen LogP contribution in [0.2, 0.25) is 0 Å². The first-order chi connectivity index (χ1) is 8.54. The molecule has 0 saturated carbocycles. The third kappa shape index (κ3) is 4.49. The number of carbonyl (C=O) groups excluding carboxylic acids is 1. The highest BCUT2D eigenvalue weighted by molar-refractivity contribution is 7.10. The van der Waals surface area contributed by atoms with Crippen LogP contribution in [0.3, 0.4) is 0 Å². The fourth-order valence-corrected chi connectivity index (χ4v) is 1.94. The fraction of sp³-hybridized carbons (Fsp3) is 0.462. The number of rotatable bonds is 4. The molecule has 1 rings (SSSR count). The predicted octanol–water partition coefficient (Wildman–Crippen LogP) is 0.738. The molecule has 0 bridgehead atoms. The normalized spacial score (nSPS) is 11.8. The zero-order valence-electron chi connectivity index (χ0n) is 11.0. The predicted molar refractivity (Wildman–Crippen MR) is 75.7 cm³/mol. The van der Waals surface area contributed by atoms with E-state index < -0.39 is 0 Å². The quantitative estimate of drug-likeness (QED) is 0.789. The summed E-state index contributed by atoms with van der Waals surface area (Å²) in [6.07, 6.45) is 0. The Kier molecular flexibility index (Phi) is 5.86. The van der Waals surface area contributed by atoms with Crippen molar-refractivity contribution in [2.75, 3.05) is 27.2 Å². The minimum Gasteiger partial charge on any atom is -0.350 e. The first-order valence-corrected chi connectivity index (χ1v) is 6.64. The molecule has 98 valence electrons. The molecule has 1 aromatic heterocycles. The number of nitrogens with one attached hydrogen (secondary N) is 1. The van der Waals surface area contributed by atoms with Crippen molar-refractivity contribution >= 4 is 17.2 Å². The first kappa shape index (κ1) is 14.7. The molecule has 5 heteroatoms. The Balaban J connectivity index is 2.54. The van der Waals surface area contributed by atoms with Crippen molar-refractivity contribution in [2.24, 2.45) is 5.73 Å². The van der Waals surface area contributed by atoms with Gasteiger partial charge < -0.3 is 16.0 Å². The van der Waals surface area contributed by atoms with E-state index in [1.54, 1.807) is 6.07 Å². The fourth-order valence-electron chi connectivity index (χ4n) is 1.18. The van der Waals surface area contributed by atoms with Crippen LogP contribution in [-0.4, -0.2) is 44.0 Å². The maximum atomic E-state index is 11.9. The Bertz CT molecular complexity index is 456. The second kappa shape index (κ2) is 7.17. The van der Waals surface area contributed by atoms with Gasteiger partial charge in [-0.25, -0.2) is 0 Å². The van der Waals surface area contributed by atoms with Crippen molar-refractivity contribution in [1.29, 1.82) is 0 Å². The lowest BCUT2D eigenvalue weighted by atomic mass is 10.2. The molecule has 18 heavy (non-hydrogen) atoms. The van der Waals surface area contributed by atoms with Crippen LogP contribution >= 0.6 is 11.3 Å². The molecule has 3 N–H and O–H groups in total. The summed E-state index contributed by atoms with van der Waals surface area (Å²) in [6, 6.07) is 2.10. The van der Waals surface area contributed by atoms with E-state index in [4.69, 9.17) is 5.73 Å². The van der Waals surface area contributed by atoms with E-state index in [2.05, 4.69) is 29.0 Å². The van der Waals surface area contributed by atoms with E-state index in [0.29, 0.717) is 24.7 Å². The van der Waals surface area contributed by atoms with Gasteiger partial charge in [0.25, 0.3) is 5.91 Å². The minimum absolute atomic E-state index is 0.0549. The number of nitrogens with two attached hydrogens (primary N) is 1. The molecule has 1 amide bonds. The molecule has 1 aromatic rings. The van der Waals surface area contributed by atoms with E-state index in [-0.39, 0.29) is 5.91 Å². The first-order valence-electron chi connectivity index (χ1n) is 5.76. The van der Waals surface area contributed by atoms with Crippen LogP contribution in [0, 0.1) is 11.8 Å². The topological polar surface area (TPSA) is 58.4 Å². The Morgan fingerprint density at radius 2 is 2.33 bits per heavy atom. The molecule has 1 atom stereocenters. The average Bonchev–Trinajstić information content (AvgIpc) is 2.81. The zero-order chi connectivity index (χ0) is 13.5. The van der Waals surface area contributed by atoms with Gasteiger partial charge in [-0.1, -0.05) is 11.8 Å². The summed E-state index contributed by atoms with van der Waals surface area (Å²) in [4.78, 5) is 14.8. The maximum Gasteiger partial charge on any atom is 0.252 e. The highest BCUT2D eigenvalue weighted by Gasteiger charge is 2.10. The third-order valence-corrected chi connectivity index (χ3v) is 3.46. The SMILES string of the molecule is CC(CNC(=O)c1csc(C#CCN)c1)N(C)C. The second-order valence-electron chi connectivity index (χ2n) is 4.23. The lowest BCUT2D eigenvalue weighted by Crippen LogP contribution is -2.38.